The van der Waals surface area contributed by atoms with Crippen LogP contribution in [0.25, 0.3) is 11.0 Å². The normalized spacial score (nSPS) is 12.1. The first-order valence-corrected chi connectivity index (χ1v) is 7.47. The van der Waals surface area contributed by atoms with Crippen LogP contribution < -0.4 is 4.72 Å². The van der Waals surface area contributed by atoms with Gasteiger partial charge in [-0.25, -0.2) is 13.1 Å². The van der Waals surface area contributed by atoms with E-state index in [2.05, 4.69) is 25.8 Å². The molecule has 2 aromatic rings. The van der Waals surface area contributed by atoms with E-state index in [4.69, 9.17) is 4.52 Å². The molecule has 0 aliphatic heterocycles. The van der Waals surface area contributed by atoms with Crippen molar-refractivity contribution >= 4 is 36.9 Å². The molecule has 0 bridgehead atoms. The quantitative estimate of drug-likeness (QED) is 0.936. The number of aromatic nitrogens is 1. The summed E-state index contributed by atoms with van der Waals surface area (Å²) in [6, 6.07) is 5.36. The maximum atomic E-state index is 11.6. The van der Waals surface area contributed by atoms with Crippen molar-refractivity contribution in [3.8, 4) is 0 Å². The topological polar surface area (TPSA) is 72.2 Å². The van der Waals surface area contributed by atoms with Gasteiger partial charge in [-0.2, -0.15) is 0 Å². The Balaban J connectivity index is 2.40. The second-order valence-corrected chi connectivity index (χ2v) is 6.25. The third-order valence-electron chi connectivity index (χ3n) is 2.20. The zero-order valence-electron chi connectivity index (χ0n) is 9.10. The molecule has 1 aromatic carbocycles. The second-order valence-electron chi connectivity index (χ2n) is 3.53. The minimum absolute atomic E-state index is 0.176. The Morgan fingerprint density at radius 3 is 2.94 bits per heavy atom. The van der Waals surface area contributed by atoms with Crippen molar-refractivity contribution in [2.24, 2.45) is 0 Å². The zero-order valence-corrected chi connectivity index (χ0v) is 11.5. The Hall–Kier alpha value is -0.920. The van der Waals surface area contributed by atoms with Gasteiger partial charge in [-0.05, 0) is 18.2 Å². The Morgan fingerprint density at radius 2 is 2.24 bits per heavy atom. The summed E-state index contributed by atoms with van der Waals surface area (Å²) in [6.45, 7) is 2.09. The maximum Gasteiger partial charge on any atom is 0.217 e. The van der Waals surface area contributed by atoms with Gasteiger partial charge in [-0.1, -0.05) is 28.0 Å². The van der Waals surface area contributed by atoms with Crippen LogP contribution in [0.3, 0.4) is 0 Å². The molecule has 0 fully saturated rings. The van der Waals surface area contributed by atoms with Gasteiger partial charge < -0.3 is 4.52 Å². The molecule has 5 nitrogen and oxygen atoms in total. The first-order chi connectivity index (χ1) is 8.02. The predicted molar refractivity (Wildman–Crippen MR) is 68.0 cm³/mol. The van der Waals surface area contributed by atoms with Crippen LogP contribution in [0.5, 0.6) is 0 Å². The summed E-state index contributed by atoms with van der Waals surface area (Å²) in [4.78, 5) is 0. The van der Waals surface area contributed by atoms with Crippen molar-refractivity contribution in [2.75, 3.05) is 6.54 Å². The van der Waals surface area contributed by atoms with Crippen LogP contribution in [-0.2, 0) is 15.8 Å². The molecule has 0 aliphatic rings. The Kier molecular flexibility index (Phi) is 3.50. The Labute approximate surface area is 107 Å². The molecule has 0 radical (unpaired) electrons. The largest absolute Gasteiger partial charge is 0.356 e. The predicted octanol–water partition coefficient (Wildman–Crippen LogP) is 2.03. The first-order valence-electron chi connectivity index (χ1n) is 5.03. The van der Waals surface area contributed by atoms with Gasteiger partial charge in [0.05, 0.1) is 0 Å². The summed E-state index contributed by atoms with van der Waals surface area (Å²) >= 11 is 3.33. The van der Waals surface area contributed by atoms with Gasteiger partial charge in [0.25, 0.3) is 0 Å². The van der Waals surface area contributed by atoms with Crippen LogP contribution in [-0.4, -0.2) is 20.1 Å². The lowest BCUT2D eigenvalue weighted by Gasteiger charge is -2.01. The van der Waals surface area contributed by atoms with E-state index in [0.29, 0.717) is 23.2 Å². The number of nitrogens with one attached hydrogen (secondary N) is 1. The maximum absolute atomic E-state index is 11.6. The fourth-order valence-corrected chi connectivity index (χ4v) is 2.99. The van der Waals surface area contributed by atoms with Gasteiger partial charge in [0.2, 0.25) is 10.0 Å². The fraction of sp³-hybridized carbons (Fsp3) is 0.300. The second kappa shape index (κ2) is 4.75. The summed E-state index contributed by atoms with van der Waals surface area (Å²) in [5.41, 5.74) is 0.997. The summed E-state index contributed by atoms with van der Waals surface area (Å²) in [6.07, 6.45) is 0. The van der Waals surface area contributed by atoms with Crippen molar-refractivity contribution in [2.45, 2.75) is 12.7 Å². The third-order valence-corrected chi connectivity index (χ3v) is 4.07. The number of nitrogens with zero attached hydrogens (tertiary/aromatic N) is 1. The van der Waals surface area contributed by atoms with E-state index in [1.54, 1.807) is 19.1 Å². The van der Waals surface area contributed by atoms with Gasteiger partial charge in [-0.3, -0.25) is 0 Å². The minimum Gasteiger partial charge on any atom is -0.356 e. The van der Waals surface area contributed by atoms with E-state index >= 15 is 0 Å². The monoisotopic (exact) mass is 318 g/mol. The van der Waals surface area contributed by atoms with E-state index < -0.39 is 10.0 Å². The van der Waals surface area contributed by atoms with Crippen LogP contribution in [0.2, 0.25) is 0 Å². The lowest BCUT2D eigenvalue weighted by molar-refractivity contribution is 0.448. The minimum atomic E-state index is -3.35. The van der Waals surface area contributed by atoms with Crippen molar-refractivity contribution in [1.29, 1.82) is 0 Å². The van der Waals surface area contributed by atoms with Gasteiger partial charge in [0.15, 0.2) is 5.58 Å². The molecule has 0 spiro atoms. The molecule has 2 rings (SSSR count). The highest BCUT2D eigenvalue weighted by molar-refractivity contribution is 9.10. The average Bonchev–Trinajstić information content (AvgIpc) is 2.60. The molecule has 0 saturated carbocycles. The van der Waals surface area contributed by atoms with E-state index in [9.17, 15) is 8.42 Å². The number of hydrogen-bond donors (Lipinski definition) is 1. The molecule has 7 heteroatoms. The SMILES string of the molecule is CCNS(=O)(=O)Cc1noc2ccc(Br)cc12. The molecule has 0 aliphatic carbocycles. The number of halogens is 1. The third kappa shape index (κ3) is 2.85. The lowest BCUT2D eigenvalue weighted by Crippen LogP contribution is -2.24. The highest BCUT2D eigenvalue weighted by atomic mass is 79.9. The molecule has 92 valence electrons. The molecule has 1 N–H and O–H groups in total. The number of rotatable bonds is 4. The first kappa shape index (κ1) is 12.5. The van der Waals surface area contributed by atoms with Crippen LogP contribution in [0, 0.1) is 0 Å². The average molecular weight is 319 g/mol. The molecule has 1 heterocycles. The molecule has 0 amide bonds. The molecular formula is C10H11BrN2O3S. The number of benzene rings is 1. The van der Waals surface area contributed by atoms with Gasteiger partial charge in [-0.15, -0.1) is 0 Å². The zero-order chi connectivity index (χ0) is 12.5. The van der Waals surface area contributed by atoms with Crippen LogP contribution in [0.4, 0.5) is 0 Å². The summed E-state index contributed by atoms with van der Waals surface area (Å²) < 4.78 is 31.6. The number of fused-ring (bicyclic) bond motifs is 1. The van der Waals surface area contributed by atoms with E-state index in [-0.39, 0.29) is 5.75 Å². The molecule has 1 aromatic heterocycles. The Bertz CT molecular complexity index is 636. The highest BCUT2D eigenvalue weighted by Crippen LogP contribution is 2.23. The smallest absolute Gasteiger partial charge is 0.217 e. The molecule has 0 unspecified atom stereocenters. The molecule has 17 heavy (non-hydrogen) atoms. The van der Waals surface area contributed by atoms with Crippen molar-refractivity contribution in [3.05, 3.63) is 28.4 Å². The number of hydrogen-bond acceptors (Lipinski definition) is 4. The van der Waals surface area contributed by atoms with E-state index in [0.717, 1.165) is 4.47 Å². The van der Waals surface area contributed by atoms with Crippen LogP contribution >= 0.6 is 15.9 Å². The van der Waals surface area contributed by atoms with Crippen LogP contribution in [0.15, 0.2) is 27.2 Å². The van der Waals surface area contributed by atoms with Crippen LogP contribution in [0.1, 0.15) is 12.6 Å². The molecule has 0 atom stereocenters. The summed E-state index contributed by atoms with van der Waals surface area (Å²) in [5.74, 6) is -0.176. The molecule has 0 saturated heterocycles. The fourth-order valence-electron chi connectivity index (χ4n) is 1.52. The summed E-state index contributed by atoms with van der Waals surface area (Å²) in [5, 5.41) is 4.50. The van der Waals surface area contributed by atoms with Gasteiger partial charge in [0, 0.05) is 16.4 Å². The molecular weight excluding hydrogens is 308 g/mol. The summed E-state index contributed by atoms with van der Waals surface area (Å²) in [7, 11) is -3.35. The van der Waals surface area contributed by atoms with Gasteiger partial charge in [0.1, 0.15) is 11.4 Å². The lowest BCUT2D eigenvalue weighted by atomic mass is 10.2. The Morgan fingerprint density at radius 1 is 1.47 bits per heavy atom. The van der Waals surface area contributed by atoms with Crippen molar-refractivity contribution in [1.82, 2.24) is 9.88 Å². The number of sulfonamides is 1. The van der Waals surface area contributed by atoms with Crippen molar-refractivity contribution < 1.29 is 12.9 Å². The van der Waals surface area contributed by atoms with E-state index in [1.165, 1.54) is 0 Å². The standard InChI is InChI=1S/C10H11BrN2O3S/c1-2-12-17(14,15)6-9-8-5-7(11)3-4-10(8)16-13-9/h3-5,12H,2,6H2,1H3. The van der Waals surface area contributed by atoms with Gasteiger partial charge >= 0.3 is 0 Å². The van der Waals surface area contributed by atoms with Crippen molar-refractivity contribution in [3.63, 3.8) is 0 Å². The van der Waals surface area contributed by atoms with E-state index in [1.807, 2.05) is 6.07 Å². The highest BCUT2D eigenvalue weighted by Gasteiger charge is 2.16.